The maximum Gasteiger partial charge on any atom is 0.136 e. The van der Waals surface area contributed by atoms with E-state index in [1.165, 1.54) is 21.9 Å². The van der Waals surface area contributed by atoms with Crippen LogP contribution in [0.2, 0.25) is 0 Å². The van der Waals surface area contributed by atoms with Gasteiger partial charge in [-0.05, 0) is 117 Å². The summed E-state index contributed by atoms with van der Waals surface area (Å²) in [6.45, 7) is 0. The van der Waals surface area contributed by atoms with Gasteiger partial charge in [-0.1, -0.05) is 127 Å². The van der Waals surface area contributed by atoms with Gasteiger partial charge in [0.25, 0.3) is 0 Å². The van der Waals surface area contributed by atoms with Crippen molar-refractivity contribution in [1.29, 1.82) is 0 Å². The highest BCUT2D eigenvalue weighted by atomic mass is 16.3. The molecule has 0 unspecified atom stereocenters. The van der Waals surface area contributed by atoms with E-state index in [-0.39, 0.29) is 0 Å². The lowest BCUT2D eigenvalue weighted by Crippen LogP contribution is -2.10. The molecule has 2 heterocycles. The minimum absolute atomic E-state index is 0.897. The number of benzene rings is 9. The van der Waals surface area contributed by atoms with Crippen molar-refractivity contribution < 1.29 is 8.83 Å². The van der Waals surface area contributed by atoms with E-state index >= 15 is 0 Å². The van der Waals surface area contributed by atoms with Gasteiger partial charge in [-0.25, -0.2) is 0 Å². The van der Waals surface area contributed by atoms with Crippen LogP contribution >= 0.6 is 0 Å². The molecule has 0 aliphatic rings. The molecule has 0 aliphatic heterocycles. The molecule has 3 heteroatoms. The fourth-order valence-corrected chi connectivity index (χ4v) is 8.15. The Labute approximate surface area is 317 Å². The standard InChI is InChI=1S/C52H33NO2/c1-2-13-43-35(9-1)10-8-16-44(43)36-21-27-41(28-22-36)53(40-25-19-34(20-26-40)39-23-29-47-45-14-3-5-17-49(45)55-52(47)33-39)42-12-7-11-37(31-42)38-24-30-51-48(32-38)46-15-4-6-18-50(46)54-51/h1-33H. The second kappa shape index (κ2) is 12.6. The van der Waals surface area contributed by atoms with Gasteiger partial charge in [-0.15, -0.1) is 0 Å². The lowest BCUT2D eigenvalue weighted by molar-refractivity contribution is 0.668. The lowest BCUT2D eigenvalue weighted by atomic mass is 9.98. The van der Waals surface area contributed by atoms with Gasteiger partial charge in [0.2, 0.25) is 0 Å². The van der Waals surface area contributed by atoms with E-state index in [2.05, 4.69) is 181 Å². The van der Waals surface area contributed by atoms with Gasteiger partial charge < -0.3 is 13.7 Å². The van der Waals surface area contributed by atoms with Crippen molar-refractivity contribution in [3.8, 4) is 33.4 Å². The Hall–Kier alpha value is -7.36. The first kappa shape index (κ1) is 31.2. The van der Waals surface area contributed by atoms with Crippen LogP contribution < -0.4 is 4.90 Å². The van der Waals surface area contributed by atoms with E-state index in [4.69, 9.17) is 8.83 Å². The molecule has 0 spiro atoms. The van der Waals surface area contributed by atoms with Crippen LogP contribution in [0.4, 0.5) is 17.1 Å². The quantitative estimate of drug-likeness (QED) is 0.173. The number of fused-ring (bicyclic) bond motifs is 7. The lowest BCUT2D eigenvalue weighted by Gasteiger charge is -2.26. The monoisotopic (exact) mass is 703 g/mol. The molecule has 258 valence electrons. The van der Waals surface area contributed by atoms with Gasteiger partial charge >= 0.3 is 0 Å². The number of rotatable bonds is 6. The summed E-state index contributed by atoms with van der Waals surface area (Å²) < 4.78 is 12.4. The highest BCUT2D eigenvalue weighted by molar-refractivity contribution is 6.07. The summed E-state index contributed by atoms with van der Waals surface area (Å²) in [5, 5.41) is 7.01. The molecular weight excluding hydrogens is 671 g/mol. The molecule has 0 amide bonds. The average molecular weight is 704 g/mol. The molecule has 0 bridgehead atoms. The van der Waals surface area contributed by atoms with Crippen molar-refractivity contribution in [2.24, 2.45) is 0 Å². The number of hydrogen-bond donors (Lipinski definition) is 0. The predicted molar refractivity (Wildman–Crippen MR) is 229 cm³/mol. The average Bonchev–Trinajstić information content (AvgIpc) is 3.82. The molecule has 0 saturated heterocycles. The minimum Gasteiger partial charge on any atom is -0.456 e. The molecule has 9 aromatic carbocycles. The number of nitrogens with zero attached hydrogens (tertiary/aromatic N) is 1. The first-order valence-corrected chi connectivity index (χ1v) is 18.7. The first-order chi connectivity index (χ1) is 27.2. The normalized spacial score (nSPS) is 11.6. The summed E-state index contributed by atoms with van der Waals surface area (Å²) in [4.78, 5) is 2.34. The molecule has 55 heavy (non-hydrogen) atoms. The zero-order chi connectivity index (χ0) is 36.3. The maximum atomic E-state index is 6.23. The molecule has 0 aliphatic carbocycles. The molecule has 0 saturated carbocycles. The second-order valence-electron chi connectivity index (χ2n) is 14.1. The van der Waals surface area contributed by atoms with E-state index in [1.807, 2.05) is 24.3 Å². The Morgan fingerprint density at radius 3 is 1.58 bits per heavy atom. The van der Waals surface area contributed by atoms with Gasteiger partial charge in [0.15, 0.2) is 0 Å². The van der Waals surface area contributed by atoms with Crippen LogP contribution in [0, 0.1) is 0 Å². The number of para-hydroxylation sites is 2. The molecule has 2 aromatic heterocycles. The molecular formula is C52H33NO2. The van der Waals surface area contributed by atoms with E-state index in [9.17, 15) is 0 Å². The first-order valence-electron chi connectivity index (χ1n) is 18.7. The molecule has 0 atom stereocenters. The fraction of sp³-hybridized carbons (Fsp3) is 0. The zero-order valence-corrected chi connectivity index (χ0v) is 29.8. The summed E-state index contributed by atoms with van der Waals surface area (Å²) in [5.74, 6) is 0. The highest BCUT2D eigenvalue weighted by Gasteiger charge is 2.16. The topological polar surface area (TPSA) is 29.5 Å². The molecule has 0 radical (unpaired) electrons. The second-order valence-corrected chi connectivity index (χ2v) is 14.1. The van der Waals surface area contributed by atoms with Gasteiger partial charge in [0, 0.05) is 38.6 Å². The van der Waals surface area contributed by atoms with Crippen LogP contribution in [0.5, 0.6) is 0 Å². The highest BCUT2D eigenvalue weighted by Crippen LogP contribution is 2.41. The predicted octanol–water partition coefficient (Wildman–Crippen LogP) is 15.1. The largest absolute Gasteiger partial charge is 0.456 e. The third-order valence-electron chi connectivity index (χ3n) is 10.9. The van der Waals surface area contributed by atoms with E-state index in [0.29, 0.717) is 0 Å². The van der Waals surface area contributed by atoms with Crippen LogP contribution in [0.1, 0.15) is 0 Å². The summed E-state index contributed by atoms with van der Waals surface area (Å²) in [7, 11) is 0. The van der Waals surface area contributed by atoms with Crippen LogP contribution in [-0.2, 0) is 0 Å². The summed E-state index contributed by atoms with van der Waals surface area (Å²) in [5.41, 5.74) is 13.8. The summed E-state index contributed by atoms with van der Waals surface area (Å²) >= 11 is 0. The number of hydrogen-bond acceptors (Lipinski definition) is 3. The summed E-state index contributed by atoms with van der Waals surface area (Å²) in [6.07, 6.45) is 0. The van der Waals surface area contributed by atoms with Crippen molar-refractivity contribution in [2.45, 2.75) is 0 Å². The minimum atomic E-state index is 0.897. The maximum absolute atomic E-state index is 6.23. The van der Waals surface area contributed by atoms with E-state index in [0.717, 1.165) is 83.2 Å². The van der Waals surface area contributed by atoms with Crippen molar-refractivity contribution in [2.75, 3.05) is 4.90 Å². The van der Waals surface area contributed by atoms with Crippen LogP contribution in [0.3, 0.4) is 0 Å². The Morgan fingerprint density at radius 2 is 0.800 bits per heavy atom. The Morgan fingerprint density at radius 1 is 0.273 bits per heavy atom. The third-order valence-corrected chi connectivity index (χ3v) is 10.9. The molecule has 3 nitrogen and oxygen atoms in total. The van der Waals surface area contributed by atoms with Gasteiger partial charge in [0.05, 0.1) is 0 Å². The van der Waals surface area contributed by atoms with Crippen LogP contribution in [-0.4, -0.2) is 0 Å². The molecule has 11 aromatic rings. The Balaban J connectivity index is 1.01. The van der Waals surface area contributed by atoms with Gasteiger partial charge in [-0.2, -0.15) is 0 Å². The van der Waals surface area contributed by atoms with Crippen LogP contribution in [0.25, 0.3) is 88.0 Å². The SMILES string of the molecule is c1cc(-c2ccc3oc4ccccc4c3c2)cc(N(c2ccc(-c3ccc4c(c3)oc3ccccc34)cc2)c2ccc(-c3cccc4ccccc34)cc2)c1. The van der Waals surface area contributed by atoms with Crippen LogP contribution in [0.15, 0.2) is 209 Å². The molecule has 0 N–H and O–H groups in total. The number of anilines is 3. The van der Waals surface area contributed by atoms with Crippen molar-refractivity contribution in [1.82, 2.24) is 0 Å². The van der Waals surface area contributed by atoms with E-state index < -0.39 is 0 Å². The van der Waals surface area contributed by atoms with Crippen molar-refractivity contribution >= 4 is 71.7 Å². The molecule has 11 rings (SSSR count). The number of furan rings is 2. The van der Waals surface area contributed by atoms with Gasteiger partial charge in [-0.3, -0.25) is 0 Å². The van der Waals surface area contributed by atoms with Crippen molar-refractivity contribution in [3.05, 3.63) is 200 Å². The van der Waals surface area contributed by atoms with E-state index in [1.54, 1.807) is 0 Å². The Bertz CT molecular complexity index is 3200. The fourth-order valence-electron chi connectivity index (χ4n) is 8.15. The summed E-state index contributed by atoms with van der Waals surface area (Å²) in [6, 6.07) is 71.2. The zero-order valence-electron chi connectivity index (χ0n) is 29.8. The molecule has 0 fully saturated rings. The third kappa shape index (κ3) is 5.36. The smallest absolute Gasteiger partial charge is 0.136 e. The van der Waals surface area contributed by atoms with Crippen molar-refractivity contribution in [3.63, 3.8) is 0 Å². The Kier molecular flexibility index (Phi) is 7.17. The van der Waals surface area contributed by atoms with Gasteiger partial charge in [0.1, 0.15) is 22.3 Å².